The highest BCUT2D eigenvalue weighted by Gasteiger charge is 2.36. The summed E-state index contributed by atoms with van der Waals surface area (Å²) < 4.78 is 5.31. The van der Waals surface area contributed by atoms with E-state index < -0.39 is 5.54 Å². The Morgan fingerprint density at radius 3 is 2.38 bits per heavy atom. The van der Waals surface area contributed by atoms with E-state index in [0.717, 1.165) is 77.9 Å². The molecule has 5 nitrogen and oxygen atoms in total. The first-order chi connectivity index (χ1) is 9.21. The summed E-state index contributed by atoms with van der Waals surface area (Å²) in [5.74, 6) is 0.0522. The second-order valence-corrected chi connectivity index (χ2v) is 5.78. The number of hydrogen-bond donors (Lipinski definition) is 2. The summed E-state index contributed by atoms with van der Waals surface area (Å²) >= 11 is 0. The number of carbonyl (C=O) groups is 1. The monoisotopic (exact) mass is 341 g/mol. The Morgan fingerprint density at radius 1 is 1.14 bits per heavy atom. The van der Waals surface area contributed by atoms with Crippen LogP contribution >= 0.6 is 24.8 Å². The fourth-order valence-corrected chi connectivity index (χ4v) is 2.90. The number of ether oxygens (including phenoxy) is 1. The van der Waals surface area contributed by atoms with Gasteiger partial charge in [0.2, 0.25) is 5.91 Å². The third kappa shape index (κ3) is 6.70. The third-order valence-electron chi connectivity index (χ3n) is 4.24. The molecule has 1 heterocycles. The van der Waals surface area contributed by atoms with Crippen LogP contribution in [0.1, 0.15) is 38.5 Å². The summed E-state index contributed by atoms with van der Waals surface area (Å²) in [7, 11) is 0. The summed E-state index contributed by atoms with van der Waals surface area (Å²) in [6, 6.07) is 0. The molecule has 1 aliphatic heterocycles. The maximum atomic E-state index is 12.0. The van der Waals surface area contributed by atoms with Crippen LogP contribution < -0.4 is 11.1 Å². The third-order valence-corrected chi connectivity index (χ3v) is 4.24. The van der Waals surface area contributed by atoms with Crippen LogP contribution in [-0.4, -0.2) is 55.7 Å². The van der Waals surface area contributed by atoms with Crippen molar-refractivity contribution in [2.45, 2.75) is 44.1 Å². The van der Waals surface area contributed by atoms with Crippen molar-refractivity contribution < 1.29 is 9.53 Å². The van der Waals surface area contributed by atoms with Crippen molar-refractivity contribution in [2.24, 2.45) is 5.73 Å². The molecule has 0 aromatic rings. The maximum Gasteiger partial charge on any atom is 0.240 e. The minimum absolute atomic E-state index is 0. The molecule has 2 rings (SSSR count). The van der Waals surface area contributed by atoms with Crippen LogP contribution in [0.3, 0.4) is 0 Å². The zero-order chi connectivity index (χ0) is 13.6. The lowest BCUT2D eigenvalue weighted by molar-refractivity contribution is -0.126. The SMILES string of the molecule is Cl.Cl.NC1(C(=O)NCCCCN2CCOCC2)CCCC1. The highest BCUT2D eigenvalue weighted by molar-refractivity contribution is 5.86. The lowest BCUT2D eigenvalue weighted by atomic mass is 9.98. The smallest absolute Gasteiger partial charge is 0.240 e. The van der Waals surface area contributed by atoms with Crippen LogP contribution in [-0.2, 0) is 9.53 Å². The van der Waals surface area contributed by atoms with Crippen LogP contribution in [0, 0.1) is 0 Å². The quantitative estimate of drug-likeness (QED) is 0.715. The molecule has 0 aromatic carbocycles. The molecule has 1 aliphatic carbocycles. The topological polar surface area (TPSA) is 67.6 Å². The number of nitrogens with zero attached hydrogens (tertiary/aromatic N) is 1. The van der Waals surface area contributed by atoms with Crippen molar-refractivity contribution in [2.75, 3.05) is 39.4 Å². The van der Waals surface area contributed by atoms with Gasteiger partial charge < -0.3 is 15.8 Å². The Labute approximate surface area is 140 Å². The second kappa shape index (κ2) is 10.6. The van der Waals surface area contributed by atoms with Crippen molar-refractivity contribution in [3.8, 4) is 0 Å². The van der Waals surface area contributed by atoms with Crippen molar-refractivity contribution in [3.05, 3.63) is 0 Å². The molecule has 2 aliphatic rings. The number of nitrogens with two attached hydrogens (primary N) is 1. The Kier molecular flexibility index (Phi) is 10.6. The molecule has 1 amide bonds. The van der Waals surface area contributed by atoms with Gasteiger partial charge >= 0.3 is 0 Å². The number of halogens is 2. The molecule has 0 atom stereocenters. The van der Waals surface area contributed by atoms with Gasteiger partial charge in [0.05, 0.1) is 18.8 Å². The summed E-state index contributed by atoms with van der Waals surface area (Å²) in [5.41, 5.74) is 5.52. The molecule has 0 bridgehead atoms. The predicted molar refractivity (Wildman–Crippen MR) is 89.4 cm³/mol. The van der Waals surface area contributed by atoms with Crippen molar-refractivity contribution in [1.29, 1.82) is 0 Å². The molecule has 126 valence electrons. The Morgan fingerprint density at radius 2 is 1.76 bits per heavy atom. The Bertz CT molecular complexity index is 294. The van der Waals surface area contributed by atoms with E-state index in [2.05, 4.69) is 10.2 Å². The van der Waals surface area contributed by atoms with E-state index >= 15 is 0 Å². The number of carbonyl (C=O) groups excluding carboxylic acids is 1. The molecule has 3 N–H and O–H groups in total. The van der Waals surface area contributed by atoms with E-state index in [-0.39, 0.29) is 30.7 Å². The molecule has 21 heavy (non-hydrogen) atoms. The number of hydrogen-bond acceptors (Lipinski definition) is 4. The number of morpholine rings is 1. The van der Waals surface area contributed by atoms with Crippen LogP contribution in [0.2, 0.25) is 0 Å². The van der Waals surface area contributed by atoms with Crippen LogP contribution in [0.25, 0.3) is 0 Å². The lowest BCUT2D eigenvalue weighted by Crippen LogP contribution is -2.52. The van der Waals surface area contributed by atoms with E-state index in [0.29, 0.717) is 0 Å². The Hall–Kier alpha value is -0.0700. The molecule has 7 heteroatoms. The molecule has 0 spiro atoms. The summed E-state index contributed by atoms with van der Waals surface area (Å²) in [5, 5.41) is 3.00. The zero-order valence-electron chi connectivity index (χ0n) is 12.6. The van der Waals surface area contributed by atoms with E-state index in [9.17, 15) is 4.79 Å². The standard InChI is InChI=1S/C14H27N3O2.2ClH/c15-14(5-1-2-6-14)13(18)16-7-3-4-8-17-9-11-19-12-10-17;;/h1-12,15H2,(H,16,18);2*1H. The van der Waals surface area contributed by atoms with Gasteiger partial charge in [0.25, 0.3) is 0 Å². The first-order valence-corrected chi connectivity index (χ1v) is 7.58. The fraction of sp³-hybridized carbons (Fsp3) is 0.929. The molecular formula is C14H29Cl2N3O2. The summed E-state index contributed by atoms with van der Waals surface area (Å²) in [6.45, 7) is 5.64. The molecular weight excluding hydrogens is 313 g/mol. The van der Waals surface area contributed by atoms with Gasteiger partial charge in [-0.15, -0.1) is 24.8 Å². The van der Waals surface area contributed by atoms with Gasteiger partial charge in [0.15, 0.2) is 0 Å². The largest absolute Gasteiger partial charge is 0.379 e. The first-order valence-electron chi connectivity index (χ1n) is 7.58. The van der Waals surface area contributed by atoms with E-state index in [4.69, 9.17) is 10.5 Å². The van der Waals surface area contributed by atoms with E-state index in [1.807, 2.05) is 0 Å². The van der Waals surface area contributed by atoms with Gasteiger partial charge in [0, 0.05) is 19.6 Å². The average Bonchev–Trinajstić information content (AvgIpc) is 2.88. The maximum absolute atomic E-state index is 12.0. The predicted octanol–water partition coefficient (Wildman–Crippen LogP) is 1.33. The van der Waals surface area contributed by atoms with Gasteiger partial charge in [-0.3, -0.25) is 9.69 Å². The number of amides is 1. The molecule has 1 saturated carbocycles. The number of rotatable bonds is 6. The Balaban J connectivity index is 0.00000200. The summed E-state index contributed by atoms with van der Waals surface area (Å²) in [4.78, 5) is 14.4. The van der Waals surface area contributed by atoms with Crippen molar-refractivity contribution >= 4 is 30.7 Å². The zero-order valence-corrected chi connectivity index (χ0v) is 14.3. The number of unbranched alkanes of at least 4 members (excludes halogenated alkanes) is 1. The average molecular weight is 342 g/mol. The first kappa shape index (κ1) is 20.9. The van der Waals surface area contributed by atoms with Gasteiger partial charge in [-0.1, -0.05) is 12.8 Å². The van der Waals surface area contributed by atoms with Crippen LogP contribution in [0.5, 0.6) is 0 Å². The normalized spacial score (nSPS) is 21.2. The van der Waals surface area contributed by atoms with Gasteiger partial charge in [0.1, 0.15) is 0 Å². The minimum Gasteiger partial charge on any atom is -0.379 e. The molecule has 2 fully saturated rings. The molecule has 0 radical (unpaired) electrons. The lowest BCUT2D eigenvalue weighted by Gasteiger charge is -2.26. The van der Waals surface area contributed by atoms with E-state index in [1.54, 1.807) is 0 Å². The highest BCUT2D eigenvalue weighted by Crippen LogP contribution is 2.27. The van der Waals surface area contributed by atoms with Gasteiger partial charge in [-0.05, 0) is 32.2 Å². The number of nitrogens with one attached hydrogen (secondary N) is 1. The van der Waals surface area contributed by atoms with E-state index in [1.165, 1.54) is 0 Å². The van der Waals surface area contributed by atoms with Gasteiger partial charge in [-0.2, -0.15) is 0 Å². The van der Waals surface area contributed by atoms with Crippen LogP contribution in [0.4, 0.5) is 0 Å². The highest BCUT2D eigenvalue weighted by atomic mass is 35.5. The van der Waals surface area contributed by atoms with Gasteiger partial charge in [-0.25, -0.2) is 0 Å². The van der Waals surface area contributed by atoms with Crippen molar-refractivity contribution in [1.82, 2.24) is 10.2 Å². The molecule has 1 saturated heterocycles. The fourth-order valence-electron chi connectivity index (χ4n) is 2.90. The van der Waals surface area contributed by atoms with Crippen molar-refractivity contribution in [3.63, 3.8) is 0 Å². The van der Waals surface area contributed by atoms with Crippen LogP contribution in [0.15, 0.2) is 0 Å². The molecule has 0 unspecified atom stereocenters. The second-order valence-electron chi connectivity index (χ2n) is 5.78. The minimum atomic E-state index is -0.579. The summed E-state index contributed by atoms with van der Waals surface area (Å²) in [6.07, 6.45) is 6.00. The molecule has 0 aromatic heterocycles.